The third kappa shape index (κ3) is 2.94. The first-order valence-corrected chi connectivity index (χ1v) is 11.4. The number of carbonyl (C=O) groups is 1. The molecular formula is C25H37BO5. The van der Waals surface area contributed by atoms with Crippen molar-refractivity contribution in [1.82, 2.24) is 0 Å². The summed E-state index contributed by atoms with van der Waals surface area (Å²) in [6.45, 7) is 14.6. The molecule has 4 atom stereocenters. The number of hydrogen-bond donors (Lipinski definition) is 0. The molecule has 4 aliphatic carbocycles. The van der Waals surface area contributed by atoms with Crippen LogP contribution in [0.1, 0.15) is 60.3 Å². The molecule has 1 aliphatic heterocycles. The number of ketones is 1. The lowest BCUT2D eigenvalue weighted by molar-refractivity contribution is -0.293. The first-order valence-electron chi connectivity index (χ1n) is 11.4. The van der Waals surface area contributed by atoms with Gasteiger partial charge in [-0.3, -0.25) is 4.79 Å². The second-order valence-electron chi connectivity index (χ2n) is 11.0. The molecular weight excluding hydrogens is 391 g/mol. The summed E-state index contributed by atoms with van der Waals surface area (Å²) in [5.74, 6) is 1.66. The number of carbonyl (C=O) groups excluding carboxylic acids is 1. The van der Waals surface area contributed by atoms with Crippen LogP contribution in [0, 0.1) is 22.7 Å². The first kappa shape index (κ1) is 23.0. The van der Waals surface area contributed by atoms with Crippen molar-refractivity contribution in [2.45, 2.75) is 77.3 Å². The molecule has 31 heavy (non-hydrogen) atoms. The molecule has 0 amide bonds. The third-order valence-corrected chi connectivity index (χ3v) is 9.12. The molecule has 5 nitrogen and oxygen atoms in total. The van der Waals surface area contributed by atoms with Gasteiger partial charge >= 0.3 is 7.12 Å². The summed E-state index contributed by atoms with van der Waals surface area (Å²) >= 11 is 0. The monoisotopic (exact) mass is 428 g/mol. The lowest BCUT2D eigenvalue weighted by Gasteiger charge is -2.65. The lowest BCUT2D eigenvalue weighted by Crippen LogP contribution is -2.67. The Morgan fingerprint density at radius 1 is 1.16 bits per heavy atom. The second-order valence-corrected chi connectivity index (χ2v) is 11.0. The third-order valence-electron chi connectivity index (χ3n) is 9.12. The SMILES string of the molecule is C=C1[C@H]2CC[C@@]3(C=CC(=O)[C@@](C)(C/C=C/B4OC(C)(C)C(C)(C)O4)C3C2)C1(OC)OC. The van der Waals surface area contributed by atoms with E-state index in [1.165, 1.54) is 0 Å². The van der Waals surface area contributed by atoms with Gasteiger partial charge in [-0.25, -0.2) is 0 Å². The molecule has 0 aromatic heterocycles. The molecule has 3 saturated carbocycles. The van der Waals surface area contributed by atoms with Crippen LogP contribution in [0.15, 0.2) is 36.4 Å². The highest BCUT2D eigenvalue weighted by Gasteiger charge is 2.69. The Kier molecular flexibility index (Phi) is 5.29. The maximum absolute atomic E-state index is 13.3. The van der Waals surface area contributed by atoms with Crippen LogP contribution in [0.5, 0.6) is 0 Å². The molecule has 1 saturated heterocycles. The second kappa shape index (κ2) is 7.15. The minimum atomic E-state index is -0.882. The van der Waals surface area contributed by atoms with Gasteiger partial charge in [0.15, 0.2) is 11.6 Å². The summed E-state index contributed by atoms with van der Waals surface area (Å²) in [6, 6.07) is 0. The summed E-state index contributed by atoms with van der Waals surface area (Å²) in [4.78, 5) is 13.3. The molecule has 2 bridgehead atoms. The van der Waals surface area contributed by atoms with Gasteiger partial charge in [0.05, 0.1) is 16.6 Å². The van der Waals surface area contributed by atoms with Crippen LogP contribution >= 0.6 is 0 Å². The zero-order valence-corrected chi connectivity index (χ0v) is 20.1. The van der Waals surface area contributed by atoms with Crippen LogP contribution in [0.3, 0.4) is 0 Å². The number of allylic oxidation sites excluding steroid dienone is 2. The van der Waals surface area contributed by atoms with Crippen molar-refractivity contribution in [1.29, 1.82) is 0 Å². The van der Waals surface area contributed by atoms with Crippen LogP contribution in [-0.4, -0.2) is 44.1 Å². The normalized spacial score (nSPS) is 40.0. The molecule has 5 rings (SSSR count). The molecule has 4 fully saturated rings. The fraction of sp³-hybridized carbons (Fsp3) is 0.720. The standard InChI is InChI=1S/C25H37BO5/c1-17-18-10-13-24(25(17,28-7)29-8)14-11-20(27)23(6,19(24)16-18)12-9-15-26-30-21(2,3)22(4,5)31-26/h9,11,14-15,18-19H,1,10,12-13,16H2,2-8H3/b15-9+/t18-,19?,23-,24-/m0/s1. The van der Waals surface area contributed by atoms with E-state index in [0.29, 0.717) is 12.3 Å². The molecule has 1 unspecified atom stereocenters. The smallest absolute Gasteiger partial charge is 0.400 e. The molecule has 1 heterocycles. The lowest BCUT2D eigenvalue weighted by atomic mass is 9.42. The molecule has 1 spiro atoms. The molecule has 0 aromatic carbocycles. The topological polar surface area (TPSA) is 54.0 Å². The van der Waals surface area contributed by atoms with Crippen molar-refractivity contribution in [3.63, 3.8) is 0 Å². The Morgan fingerprint density at radius 3 is 2.35 bits per heavy atom. The predicted molar refractivity (Wildman–Crippen MR) is 121 cm³/mol. The van der Waals surface area contributed by atoms with Gasteiger partial charge in [-0.1, -0.05) is 31.6 Å². The minimum Gasteiger partial charge on any atom is -0.400 e. The highest BCUT2D eigenvalue weighted by Crippen LogP contribution is 2.68. The molecule has 0 N–H and O–H groups in total. The van der Waals surface area contributed by atoms with Gasteiger partial charge in [-0.05, 0) is 76.9 Å². The van der Waals surface area contributed by atoms with Crippen molar-refractivity contribution in [2.24, 2.45) is 22.7 Å². The first-order chi connectivity index (χ1) is 14.4. The van der Waals surface area contributed by atoms with Gasteiger partial charge < -0.3 is 18.8 Å². The summed E-state index contributed by atoms with van der Waals surface area (Å²) in [5.41, 5.74) is -0.675. The van der Waals surface area contributed by atoms with E-state index in [-0.39, 0.29) is 28.3 Å². The number of rotatable bonds is 5. The van der Waals surface area contributed by atoms with E-state index in [2.05, 4.69) is 25.7 Å². The van der Waals surface area contributed by atoms with Crippen molar-refractivity contribution in [3.05, 3.63) is 36.4 Å². The maximum atomic E-state index is 13.3. The Balaban J connectivity index is 1.63. The van der Waals surface area contributed by atoms with E-state index in [1.807, 2.05) is 33.7 Å². The average molecular weight is 428 g/mol. The predicted octanol–water partition coefficient (Wildman–Crippen LogP) is 4.67. The van der Waals surface area contributed by atoms with E-state index in [0.717, 1.165) is 24.8 Å². The van der Waals surface area contributed by atoms with Gasteiger partial charge in [-0.15, -0.1) is 0 Å². The van der Waals surface area contributed by atoms with Crippen molar-refractivity contribution in [3.8, 4) is 0 Å². The average Bonchev–Trinajstić information content (AvgIpc) is 2.92. The van der Waals surface area contributed by atoms with E-state index in [9.17, 15) is 4.79 Å². The van der Waals surface area contributed by atoms with E-state index >= 15 is 0 Å². The zero-order valence-electron chi connectivity index (χ0n) is 20.1. The van der Waals surface area contributed by atoms with E-state index in [4.69, 9.17) is 18.8 Å². The Hall–Kier alpha value is -1.21. The Bertz CT molecular complexity index is 823. The Labute approximate surface area is 187 Å². The quantitative estimate of drug-likeness (QED) is 0.362. The van der Waals surface area contributed by atoms with Crippen LogP contribution in [0.2, 0.25) is 0 Å². The summed E-state index contributed by atoms with van der Waals surface area (Å²) in [7, 11) is 2.98. The van der Waals surface area contributed by atoms with Gasteiger partial charge in [0.1, 0.15) is 0 Å². The molecule has 0 aromatic rings. The van der Waals surface area contributed by atoms with Crippen LogP contribution < -0.4 is 0 Å². The van der Waals surface area contributed by atoms with Crippen LogP contribution in [0.25, 0.3) is 0 Å². The van der Waals surface area contributed by atoms with Crippen molar-refractivity contribution in [2.75, 3.05) is 14.2 Å². The van der Waals surface area contributed by atoms with Crippen LogP contribution in [-0.2, 0) is 23.6 Å². The molecule has 0 radical (unpaired) electrons. The maximum Gasteiger partial charge on any atom is 0.486 e. The van der Waals surface area contributed by atoms with Crippen molar-refractivity contribution < 1.29 is 23.6 Å². The summed E-state index contributed by atoms with van der Waals surface area (Å²) in [5, 5.41) is 0. The van der Waals surface area contributed by atoms with Gasteiger partial charge in [0, 0.05) is 19.6 Å². The fourth-order valence-electron chi connectivity index (χ4n) is 6.56. The van der Waals surface area contributed by atoms with E-state index < -0.39 is 18.3 Å². The van der Waals surface area contributed by atoms with Gasteiger partial charge in [0.25, 0.3) is 0 Å². The van der Waals surface area contributed by atoms with E-state index in [1.54, 1.807) is 20.3 Å². The van der Waals surface area contributed by atoms with Crippen LogP contribution in [0.4, 0.5) is 0 Å². The number of ether oxygens (including phenoxy) is 2. The van der Waals surface area contributed by atoms with Gasteiger partial charge in [-0.2, -0.15) is 0 Å². The largest absolute Gasteiger partial charge is 0.486 e. The minimum absolute atomic E-state index is 0.115. The highest BCUT2D eigenvalue weighted by atomic mass is 16.7. The fourth-order valence-corrected chi connectivity index (χ4v) is 6.56. The van der Waals surface area contributed by atoms with Gasteiger partial charge in [0.2, 0.25) is 0 Å². The number of methoxy groups -OCH3 is 2. The summed E-state index contributed by atoms with van der Waals surface area (Å²) < 4.78 is 24.3. The number of hydrogen-bond acceptors (Lipinski definition) is 5. The number of fused-ring (bicyclic) bond motifs is 2. The molecule has 170 valence electrons. The molecule has 6 heteroatoms. The Morgan fingerprint density at radius 2 is 1.77 bits per heavy atom. The zero-order chi connectivity index (χ0) is 22.9. The highest BCUT2D eigenvalue weighted by molar-refractivity contribution is 6.51. The summed E-state index contributed by atoms with van der Waals surface area (Å²) in [6.07, 6.45) is 9.43. The molecule has 5 aliphatic rings. The van der Waals surface area contributed by atoms with Crippen molar-refractivity contribution >= 4 is 12.9 Å².